The fraction of sp³-hybridized carbons (Fsp3) is 0.417. The number of halogens is 2. The lowest BCUT2D eigenvalue weighted by atomic mass is 10.1. The zero-order valence-electron chi connectivity index (χ0n) is 9.20. The van der Waals surface area contributed by atoms with Crippen LogP contribution in [-0.4, -0.2) is 28.6 Å². The Labute approximate surface area is 104 Å². The SMILES string of the molecule is O=C(O)C1CCCN1Cc1cccc(Cl)c1F. The van der Waals surface area contributed by atoms with Gasteiger partial charge in [0.2, 0.25) is 0 Å². The summed E-state index contributed by atoms with van der Waals surface area (Å²) in [5.74, 6) is -1.30. The number of carbonyl (C=O) groups is 1. The van der Waals surface area contributed by atoms with E-state index in [0.29, 0.717) is 25.1 Å². The molecule has 1 heterocycles. The highest BCUT2D eigenvalue weighted by molar-refractivity contribution is 6.30. The van der Waals surface area contributed by atoms with E-state index in [-0.39, 0.29) is 5.02 Å². The van der Waals surface area contributed by atoms with E-state index >= 15 is 0 Å². The van der Waals surface area contributed by atoms with E-state index in [1.54, 1.807) is 17.0 Å². The van der Waals surface area contributed by atoms with E-state index in [4.69, 9.17) is 16.7 Å². The fourth-order valence-corrected chi connectivity index (χ4v) is 2.38. The van der Waals surface area contributed by atoms with Crippen LogP contribution in [0, 0.1) is 5.82 Å². The van der Waals surface area contributed by atoms with Gasteiger partial charge in [-0.2, -0.15) is 0 Å². The highest BCUT2D eigenvalue weighted by Gasteiger charge is 2.30. The van der Waals surface area contributed by atoms with Crippen molar-refractivity contribution in [1.29, 1.82) is 0 Å². The molecule has 92 valence electrons. The van der Waals surface area contributed by atoms with Gasteiger partial charge in [-0.15, -0.1) is 0 Å². The maximum atomic E-state index is 13.7. The molecular formula is C12H13ClFNO2. The van der Waals surface area contributed by atoms with Gasteiger partial charge in [0.25, 0.3) is 0 Å². The molecule has 1 unspecified atom stereocenters. The quantitative estimate of drug-likeness (QED) is 0.905. The molecule has 0 aromatic heterocycles. The van der Waals surface area contributed by atoms with Gasteiger partial charge in [-0.25, -0.2) is 4.39 Å². The summed E-state index contributed by atoms with van der Waals surface area (Å²) in [7, 11) is 0. The molecule has 1 saturated heterocycles. The van der Waals surface area contributed by atoms with Gasteiger partial charge in [0.1, 0.15) is 11.9 Å². The molecule has 0 aliphatic carbocycles. The normalized spacial score (nSPS) is 20.7. The zero-order chi connectivity index (χ0) is 12.4. The molecule has 1 aromatic rings. The molecule has 3 nitrogen and oxygen atoms in total. The minimum absolute atomic E-state index is 0.0774. The van der Waals surface area contributed by atoms with Crippen LogP contribution < -0.4 is 0 Å². The number of hydrogen-bond donors (Lipinski definition) is 1. The molecule has 0 saturated carbocycles. The van der Waals surface area contributed by atoms with Crippen LogP contribution in [0.4, 0.5) is 4.39 Å². The van der Waals surface area contributed by atoms with Crippen molar-refractivity contribution in [2.24, 2.45) is 0 Å². The summed E-state index contributed by atoms with van der Waals surface area (Å²) in [5, 5.41) is 9.10. The fourth-order valence-electron chi connectivity index (χ4n) is 2.18. The van der Waals surface area contributed by atoms with Crippen LogP contribution >= 0.6 is 11.6 Å². The van der Waals surface area contributed by atoms with Crippen molar-refractivity contribution in [3.05, 3.63) is 34.6 Å². The minimum Gasteiger partial charge on any atom is -0.480 e. The Morgan fingerprint density at radius 1 is 1.59 bits per heavy atom. The standard InChI is InChI=1S/C12H13ClFNO2/c13-9-4-1-3-8(11(9)14)7-15-6-2-5-10(15)12(16)17/h1,3-4,10H,2,5-7H2,(H,16,17). The largest absolute Gasteiger partial charge is 0.480 e. The second kappa shape index (κ2) is 5.02. The summed E-state index contributed by atoms with van der Waals surface area (Å²) in [5.41, 5.74) is 0.450. The molecule has 0 spiro atoms. The van der Waals surface area contributed by atoms with Gasteiger partial charge >= 0.3 is 5.97 Å². The van der Waals surface area contributed by atoms with Crippen molar-refractivity contribution in [3.63, 3.8) is 0 Å². The lowest BCUT2D eigenvalue weighted by molar-refractivity contribution is -0.142. The molecule has 1 fully saturated rings. The molecule has 17 heavy (non-hydrogen) atoms. The predicted octanol–water partition coefficient (Wildman–Crippen LogP) is 2.53. The monoisotopic (exact) mass is 257 g/mol. The van der Waals surface area contributed by atoms with E-state index in [0.717, 1.165) is 6.42 Å². The van der Waals surface area contributed by atoms with Crippen molar-refractivity contribution in [2.75, 3.05) is 6.54 Å². The van der Waals surface area contributed by atoms with Gasteiger partial charge in [0.05, 0.1) is 5.02 Å². The Bertz CT molecular complexity index is 439. The smallest absolute Gasteiger partial charge is 0.320 e. The highest BCUT2D eigenvalue weighted by Crippen LogP contribution is 2.24. The number of hydrogen-bond acceptors (Lipinski definition) is 2. The first-order chi connectivity index (χ1) is 8.09. The molecule has 1 aliphatic rings. The van der Waals surface area contributed by atoms with Gasteiger partial charge in [-0.05, 0) is 25.5 Å². The lowest BCUT2D eigenvalue weighted by Crippen LogP contribution is -2.35. The molecule has 1 atom stereocenters. The van der Waals surface area contributed by atoms with Crippen LogP contribution in [0.1, 0.15) is 18.4 Å². The van der Waals surface area contributed by atoms with Gasteiger partial charge in [0.15, 0.2) is 0 Å². The highest BCUT2D eigenvalue weighted by atomic mass is 35.5. The molecule has 1 N–H and O–H groups in total. The van der Waals surface area contributed by atoms with E-state index in [2.05, 4.69) is 0 Å². The van der Waals surface area contributed by atoms with Gasteiger partial charge in [-0.1, -0.05) is 23.7 Å². The third-order valence-electron chi connectivity index (χ3n) is 3.05. The number of rotatable bonds is 3. The van der Waals surface area contributed by atoms with E-state index < -0.39 is 17.8 Å². The second-order valence-corrected chi connectivity index (χ2v) is 4.59. The number of aliphatic carboxylic acids is 1. The number of carboxylic acid groups (broad SMARTS) is 1. The van der Waals surface area contributed by atoms with E-state index in [1.807, 2.05) is 0 Å². The first kappa shape index (κ1) is 12.3. The van der Waals surface area contributed by atoms with Gasteiger partial charge in [-0.3, -0.25) is 9.69 Å². The van der Waals surface area contributed by atoms with Crippen LogP contribution in [-0.2, 0) is 11.3 Å². The average Bonchev–Trinajstić information content (AvgIpc) is 2.73. The number of benzene rings is 1. The Hall–Kier alpha value is -1.13. The van der Waals surface area contributed by atoms with Crippen LogP contribution in [0.2, 0.25) is 5.02 Å². The third-order valence-corrected chi connectivity index (χ3v) is 3.35. The van der Waals surface area contributed by atoms with E-state index in [1.165, 1.54) is 6.07 Å². The summed E-state index contributed by atoms with van der Waals surface area (Å²) in [6, 6.07) is 4.29. The van der Waals surface area contributed by atoms with Crippen LogP contribution in [0.15, 0.2) is 18.2 Å². The van der Waals surface area contributed by atoms with Crippen molar-refractivity contribution < 1.29 is 14.3 Å². The van der Waals surface area contributed by atoms with Crippen LogP contribution in [0.5, 0.6) is 0 Å². The number of carboxylic acids is 1. The summed E-state index contributed by atoms with van der Waals surface area (Å²) in [6.07, 6.45) is 1.46. The maximum absolute atomic E-state index is 13.7. The van der Waals surface area contributed by atoms with Crippen molar-refractivity contribution in [3.8, 4) is 0 Å². The molecule has 0 radical (unpaired) electrons. The number of likely N-dealkylation sites (tertiary alicyclic amines) is 1. The number of nitrogens with zero attached hydrogens (tertiary/aromatic N) is 1. The molecule has 0 amide bonds. The predicted molar refractivity (Wildman–Crippen MR) is 62.5 cm³/mol. The lowest BCUT2D eigenvalue weighted by Gasteiger charge is -2.21. The Morgan fingerprint density at radius 3 is 3.06 bits per heavy atom. The molecule has 5 heteroatoms. The van der Waals surface area contributed by atoms with Crippen molar-refractivity contribution in [1.82, 2.24) is 4.90 Å². The topological polar surface area (TPSA) is 40.5 Å². The Kier molecular flexibility index (Phi) is 3.64. The van der Waals surface area contributed by atoms with Crippen molar-refractivity contribution >= 4 is 17.6 Å². The Balaban J connectivity index is 2.15. The zero-order valence-corrected chi connectivity index (χ0v) is 9.95. The summed E-state index contributed by atoms with van der Waals surface area (Å²) in [4.78, 5) is 12.8. The molecule has 2 rings (SSSR count). The van der Waals surface area contributed by atoms with Crippen LogP contribution in [0.3, 0.4) is 0 Å². The maximum Gasteiger partial charge on any atom is 0.320 e. The third kappa shape index (κ3) is 2.58. The summed E-state index contributed by atoms with van der Waals surface area (Å²) in [6.45, 7) is 0.978. The van der Waals surface area contributed by atoms with Gasteiger partial charge in [0, 0.05) is 12.1 Å². The first-order valence-electron chi connectivity index (χ1n) is 5.49. The Morgan fingerprint density at radius 2 is 2.35 bits per heavy atom. The van der Waals surface area contributed by atoms with Crippen molar-refractivity contribution in [2.45, 2.75) is 25.4 Å². The molecule has 1 aliphatic heterocycles. The summed E-state index contributed by atoms with van der Waals surface area (Å²) >= 11 is 5.69. The van der Waals surface area contributed by atoms with E-state index in [9.17, 15) is 9.18 Å². The molecule has 1 aromatic carbocycles. The molecule has 0 bridgehead atoms. The molecular weight excluding hydrogens is 245 g/mol. The minimum atomic E-state index is -0.843. The first-order valence-corrected chi connectivity index (χ1v) is 5.87. The van der Waals surface area contributed by atoms with Gasteiger partial charge < -0.3 is 5.11 Å². The average molecular weight is 258 g/mol. The van der Waals surface area contributed by atoms with Crippen LogP contribution in [0.25, 0.3) is 0 Å². The second-order valence-electron chi connectivity index (χ2n) is 4.18. The summed E-state index contributed by atoms with van der Waals surface area (Å²) < 4.78 is 13.7.